The molecule has 1 atom stereocenters. The van der Waals surface area contributed by atoms with Crippen LogP contribution in [-0.2, 0) is 9.47 Å². The fourth-order valence-electron chi connectivity index (χ4n) is 3.35. The van der Waals surface area contributed by atoms with E-state index >= 15 is 0 Å². The van der Waals surface area contributed by atoms with Crippen molar-refractivity contribution in [1.29, 1.82) is 0 Å². The van der Waals surface area contributed by atoms with E-state index in [1.54, 1.807) is 12.4 Å². The quantitative estimate of drug-likeness (QED) is 0.824. The van der Waals surface area contributed by atoms with Crippen LogP contribution >= 0.6 is 15.9 Å². The number of hydrogen-bond acceptors (Lipinski definition) is 6. The second-order valence-electron chi connectivity index (χ2n) is 6.26. The van der Waals surface area contributed by atoms with E-state index in [9.17, 15) is 4.79 Å². The molecular weight excluding hydrogens is 378 g/mol. The summed E-state index contributed by atoms with van der Waals surface area (Å²) in [7, 11) is 0. The standard InChI is InChI=1S/C15H18BrN5O3/c16-10-8-17-14-19-12(20-21(14)9-10)13(22)18-11-1-4-24-15(7-11)2-5-23-6-3-15/h8-9,11H,1-7H2,(H,18,22). The summed E-state index contributed by atoms with van der Waals surface area (Å²) < 4.78 is 13.7. The highest BCUT2D eigenvalue weighted by Crippen LogP contribution is 2.34. The minimum Gasteiger partial charge on any atom is -0.381 e. The maximum Gasteiger partial charge on any atom is 0.291 e. The smallest absolute Gasteiger partial charge is 0.291 e. The van der Waals surface area contributed by atoms with E-state index in [1.165, 1.54) is 4.52 Å². The maximum absolute atomic E-state index is 12.5. The van der Waals surface area contributed by atoms with Gasteiger partial charge in [0.1, 0.15) is 0 Å². The topological polar surface area (TPSA) is 90.6 Å². The van der Waals surface area contributed by atoms with Gasteiger partial charge in [-0.05, 0) is 41.6 Å². The third kappa shape index (κ3) is 3.15. The molecule has 0 radical (unpaired) electrons. The zero-order valence-corrected chi connectivity index (χ0v) is 14.7. The Morgan fingerprint density at radius 3 is 3.04 bits per heavy atom. The molecule has 0 aliphatic carbocycles. The van der Waals surface area contributed by atoms with Crippen molar-refractivity contribution in [3.05, 3.63) is 22.7 Å². The Kier molecular flexibility index (Phi) is 4.23. The summed E-state index contributed by atoms with van der Waals surface area (Å²) in [5.41, 5.74) is -0.160. The molecule has 24 heavy (non-hydrogen) atoms. The number of ether oxygens (including phenoxy) is 2. The third-order valence-corrected chi connectivity index (χ3v) is 5.01. The fraction of sp³-hybridized carbons (Fsp3) is 0.600. The fourth-order valence-corrected chi connectivity index (χ4v) is 3.64. The van der Waals surface area contributed by atoms with E-state index in [0.717, 1.165) is 43.4 Å². The SMILES string of the molecule is O=C(NC1CCOC2(CCOCC2)C1)c1nc2ncc(Br)cn2n1. The average Bonchev–Trinajstić information content (AvgIpc) is 2.99. The molecule has 128 valence electrons. The van der Waals surface area contributed by atoms with E-state index in [0.29, 0.717) is 12.4 Å². The van der Waals surface area contributed by atoms with Gasteiger partial charge in [0, 0.05) is 38.3 Å². The molecule has 0 saturated carbocycles. The van der Waals surface area contributed by atoms with Gasteiger partial charge in [0.15, 0.2) is 0 Å². The molecule has 4 heterocycles. The number of amides is 1. The van der Waals surface area contributed by atoms with Crippen LogP contribution in [0.3, 0.4) is 0 Å². The lowest BCUT2D eigenvalue weighted by Gasteiger charge is -2.43. The summed E-state index contributed by atoms with van der Waals surface area (Å²) in [5.74, 6) is 0.259. The van der Waals surface area contributed by atoms with Crippen LogP contribution in [0.25, 0.3) is 5.78 Å². The first kappa shape index (κ1) is 15.9. The molecule has 8 nitrogen and oxygen atoms in total. The molecule has 1 N–H and O–H groups in total. The van der Waals surface area contributed by atoms with Gasteiger partial charge in [0.2, 0.25) is 5.82 Å². The van der Waals surface area contributed by atoms with Gasteiger partial charge in [-0.1, -0.05) is 0 Å². The molecular formula is C15H18BrN5O3. The van der Waals surface area contributed by atoms with Crippen LogP contribution in [0.2, 0.25) is 0 Å². The summed E-state index contributed by atoms with van der Waals surface area (Å²) >= 11 is 3.32. The minimum absolute atomic E-state index is 0.0654. The molecule has 4 rings (SSSR count). The first-order valence-electron chi connectivity index (χ1n) is 8.04. The van der Waals surface area contributed by atoms with Gasteiger partial charge in [0.05, 0.1) is 10.1 Å². The minimum atomic E-state index is -0.272. The predicted molar refractivity (Wildman–Crippen MR) is 87.7 cm³/mol. The number of hydrogen-bond donors (Lipinski definition) is 1. The lowest BCUT2D eigenvalue weighted by atomic mass is 9.84. The molecule has 2 saturated heterocycles. The molecule has 2 fully saturated rings. The van der Waals surface area contributed by atoms with E-state index in [-0.39, 0.29) is 23.4 Å². The molecule has 2 aromatic rings. The highest BCUT2D eigenvalue weighted by Gasteiger charge is 2.39. The van der Waals surface area contributed by atoms with Gasteiger partial charge in [-0.25, -0.2) is 9.50 Å². The molecule has 2 aliphatic rings. The van der Waals surface area contributed by atoms with Crippen LogP contribution in [0.5, 0.6) is 0 Å². The Morgan fingerprint density at radius 1 is 1.38 bits per heavy atom. The first-order valence-corrected chi connectivity index (χ1v) is 8.83. The number of nitrogens with one attached hydrogen (secondary N) is 1. The predicted octanol–water partition coefficient (Wildman–Crippen LogP) is 1.34. The van der Waals surface area contributed by atoms with Gasteiger partial charge in [-0.3, -0.25) is 4.79 Å². The molecule has 9 heteroatoms. The first-order chi connectivity index (χ1) is 11.6. The number of carbonyl (C=O) groups is 1. The normalized spacial score (nSPS) is 23.5. The van der Waals surface area contributed by atoms with Gasteiger partial charge < -0.3 is 14.8 Å². The van der Waals surface area contributed by atoms with Crippen molar-refractivity contribution < 1.29 is 14.3 Å². The van der Waals surface area contributed by atoms with Crippen LogP contribution in [-0.4, -0.2) is 57.0 Å². The highest BCUT2D eigenvalue weighted by atomic mass is 79.9. The van der Waals surface area contributed by atoms with Crippen molar-refractivity contribution in [1.82, 2.24) is 24.9 Å². The Hall–Kier alpha value is -1.58. The molecule has 1 spiro atoms. The lowest BCUT2D eigenvalue weighted by Crippen LogP contribution is -2.51. The van der Waals surface area contributed by atoms with Crippen molar-refractivity contribution in [2.24, 2.45) is 0 Å². The van der Waals surface area contributed by atoms with Crippen LogP contribution in [0, 0.1) is 0 Å². The van der Waals surface area contributed by atoms with Gasteiger partial charge in [-0.2, -0.15) is 4.98 Å². The monoisotopic (exact) mass is 395 g/mol. The summed E-state index contributed by atoms with van der Waals surface area (Å²) in [6.45, 7) is 2.09. The Labute approximate surface area is 147 Å². The van der Waals surface area contributed by atoms with Crippen LogP contribution < -0.4 is 5.32 Å². The Balaban J connectivity index is 1.46. The summed E-state index contributed by atoms with van der Waals surface area (Å²) in [4.78, 5) is 20.8. The van der Waals surface area contributed by atoms with Crippen LogP contribution in [0.15, 0.2) is 16.9 Å². The highest BCUT2D eigenvalue weighted by molar-refractivity contribution is 9.10. The summed E-state index contributed by atoms with van der Waals surface area (Å²) in [6, 6.07) is 0.0654. The zero-order chi connectivity index (χ0) is 16.6. The van der Waals surface area contributed by atoms with Gasteiger partial charge in [0.25, 0.3) is 11.7 Å². The molecule has 0 bridgehead atoms. The Morgan fingerprint density at radius 2 is 2.21 bits per heavy atom. The second kappa shape index (κ2) is 6.38. The molecule has 2 aromatic heterocycles. The number of halogens is 1. The number of nitrogens with zero attached hydrogens (tertiary/aromatic N) is 4. The maximum atomic E-state index is 12.5. The summed E-state index contributed by atoms with van der Waals surface area (Å²) in [5, 5.41) is 7.24. The Bertz CT molecular complexity index is 753. The lowest BCUT2D eigenvalue weighted by molar-refractivity contribution is -0.139. The molecule has 1 amide bonds. The van der Waals surface area contributed by atoms with E-state index in [4.69, 9.17) is 9.47 Å². The number of aromatic nitrogens is 4. The van der Waals surface area contributed by atoms with Gasteiger partial charge in [-0.15, -0.1) is 5.10 Å². The van der Waals surface area contributed by atoms with E-state index in [2.05, 4.69) is 36.3 Å². The van der Waals surface area contributed by atoms with E-state index in [1.807, 2.05) is 0 Å². The van der Waals surface area contributed by atoms with E-state index < -0.39 is 0 Å². The average molecular weight is 396 g/mol. The second-order valence-corrected chi connectivity index (χ2v) is 7.17. The number of fused-ring (bicyclic) bond motifs is 1. The van der Waals surface area contributed by atoms with Crippen molar-refractivity contribution >= 4 is 27.6 Å². The molecule has 1 unspecified atom stereocenters. The zero-order valence-electron chi connectivity index (χ0n) is 13.1. The molecule has 0 aromatic carbocycles. The van der Waals surface area contributed by atoms with Crippen LogP contribution in [0.4, 0.5) is 0 Å². The third-order valence-electron chi connectivity index (χ3n) is 4.60. The van der Waals surface area contributed by atoms with Crippen molar-refractivity contribution in [2.45, 2.75) is 37.3 Å². The number of rotatable bonds is 2. The van der Waals surface area contributed by atoms with Gasteiger partial charge >= 0.3 is 0 Å². The van der Waals surface area contributed by atoms with Crippen molar-refractivity contribution in [2.75, 3.05) is 19.8 Å². The summed E-state index contributed by atoms with van der Waals surface area (Å²) in [6.07, 6.45) is 6.70. The largest absolute Gasteiger partial charge is 0.381 e. The van der Waals surface area contributed by atoms with Crippen molar-refractivity contribution in [3.8, 4) is 0 Å². The number of carbonyl (C=O) groups excluding carboxylic acids is 1. The van der Waals surface area contributed by atoms with Crippen LogP contribution in [0.1, 0.15) is 36.3 Å². The molecule has 2 aliphatic heterocycles. The van der Waals surface area contributed by atoms with Crippen molar-refractivity contribution in [3.63, 3.8) is 0 Å².